The molecule has 21 heavy (non-hydrogen) atoms. The van der Waals surface area contributed by atoms with E-state index in [1.54, 1.807) is 6.08 Å². The lowest BCUT2D eigenvalue weighted by Crippen LogP contribution is -2.09. The summed E-state index contributed by atoms with van der Waals surface area (Å²) in [6.07, 6.45) is 4.49. The average molecular weight is 284 g/mol. The van der Waals surface area contributed by atoms with Crippen molar-refractivity contribution in [1.29, 1.82) is 0 Å². The van der Waals surface area contributed by atoms with Crippen LogP contribution in [0.25, 0.3) is 12.2 Å². The molecule has 0 fully saturated rings. The average Bonchev–Trinajstić information content (AvgIpc) is 2.46. The fraction of sp³-hybridized carbons (Fsp3) is 0.176. The van der Waals surface area contributed by atoms with Crippen LogP contribution < -0.4 is 10.4 Å². The van der Waals surface area contributed by atoms with Crippen LogP contribution in [0.1, 0.15) is 31.1 Å². The molecule has 0 unspecified atom stereocenters. The second-order valence-corrected chi connectivity index (χ2v) is 4.48. The Labute approximate surface area is 122 Å². The molecule has 0 radical (unpaired) electrons. The summed E-state index contributed by atoms with van der Waals surface area (Å²) in [5, 5.41) is 0. The van der Waals surface area contributed by atoms with Gasteiger partial charge in [0.05, 0.1) is 6.07 Å². The Balaban J connectivity index is 2.17. The van der Waals surface area contributed by atoms with Crippen molar-refractivity contribution in [3.63, 3.8) is 0 Å². The molecule has 0 amide bonds. The van der Waals surface area contributed by atoms with E-state index >= 15 is 0 Å². The molecule has 0 bridgehead atoms. The number of rotatable bonds is 5. The number of carbonyl (C=O) groups excluding carboxylic acids is 1. The van der Waals surface area contributed by atoms with Crippen molar-refractivity contribution in [2.24, 2.45) is 0 Å². The van der Waals surface area contributed by atoms with Crippen LogP contribution in [-0.2, 0) is 4.79 Å². The largest absolute Gasteiger partial charge is 0.426 e. The summed E-state index contributed by atoms with van der Waals surface area (Å²) in [5.41, 5.74) is 0.429. The molecule has 2 aromatic rings. The van der Waals surface area contributed by atoms with Crippen molar-refractivity contribution in [3.05, 3.63) is 64.2 Å². The highest BCUT2D eigenvalue weighted by molar-refractivity contribution is 5.73. The Kier molecular flexibility index (Phi) is 5.10. The van der Waals surface area contributed by atoms with Crippen LogP contribution in [0, 0.1) is 0 Å². The van der Waals surface area contributed by atoms with Crippen LogP contribution >= 0.6 is 0 Å². The van der Waals surface area contributed by atoms with E-state index in [0.29, 0.717) is 18.6 Å². The highest BCUT2D eigenvalue weighted by Crippen LogP contribution is 2.14. The van der Waals surface area contributed by atoms with Gasteiger partial charge < -0.3 is 9.15 Å². The molecule has 0 atom stereocenters. The molecule has 0 N–H and O–H groups in total. The fourth-order valence-electron chi connectivity index (χ4n) is 1.74. The molecule has 0 spiro atoms. The van der Waals surface area contributed by atoms with Gasteiger partial charge in [-0.25, -0.2) is 4.79 Å². The summed E-state index contributed by atoms with van der Waals surface area (Å²) in [6, 6.07) is 12.3. The highest BCUT2D eigenvalue weighted by atomic mass is 16.5. The van der Waals surface area contributed by atoms with Crippen molar-refractivity contribution in [1.82, 2.24) is 0 Å². The molecule has 2 rings (SSSR count). The minimum Gasteiger partial charge on any atom is -0.426 e. The van der Waals surface area contributed by atoms with Crippen LogP contribution in [0.4, 0.5) is 0 Å². The van der Waals surface area contributed by atoms with Crippen molar-refractivity contribution in [2.75, 3.05) is 0 Å². The van der Waals surface area contributed by atoms with Crippen molar-refractivity contribution in [3.8, 4) is 5.75 Å². The van der Waals surface area contributed by atoms with Gasteiger partial charge in [-0.15, -0.1) is 0 Å². The van der Waals surface area contributed by atoms with E-state index in [2.05, 4.69) is 0 Å². The third-order valence-corrected chi connectivity index (χ3v) is 2.69. The first-order valence-corrected chi connectivity index (χ1v) is 6.76. The third-order valence-electron chi connectivity index (χ3n) is 2.69. The van der Waals surface area contributed by atoms with Gasteiger partial charge in [-0.05, 0) is 18.1 Å². The number of ether oxygens (including phenoxy) is 1. The quantitative estimate of drug-likeness (QED) is 0.788. The standard InChI is InChI=1S/C17H16O4/c1-2-6-16(18)21-15-11-14(20-17(19)12-15)10-9-13-7-4-3-5-8-13/h3-5,7-12H,2,6H2,1H3/b10-9+. The normalized spacial score (nSPS) is 10.7. The monoisotopic (exact) mass is 284 g/mol. The van der Waals surface area contributed by atoms with E-state index in [1.807, 2.05) is 43.3 Å². The molecule has 4 nitrogen and oxygen atoms in total. The lowest BCUT2D eigenvalue weighted by atomic mass is 10.2. The smallest absolute Gasteiger partial charge is 0.339 e. The molecule has 0 aliphatic heterocycles. The molecule has 4 heteroatoms. The van der Waals surface area contributed by atoms with Gasteiger partial charge in [-0.3, -0.25) is 4.79 Å². The number of carbonyl (C=O) groups is 1. The first kappa shape index (κ1) is 14.8. The number of hydrogen-bond acceptors (Lipinski definition) is 4. The maximum Gasteiger partial charge on any atom is 0.339 e. The predicted octanol–water partition coefficient (Wildman–Crippen LogP) is 3.52. The number of esters is 1. The molecule has 0 saturated carbocycles. The Hall–Kier alpha value is -2.62. The second kappa shape index (κ2) is 7.24. The summed E-state index contributed by atoms with van der Waals surface area (Å²) in [5.74, 6) is 0.184. The van der Waals surface area contributed by atoms with Crippen molar-refractivity contribution < 1.29 is 13.9 Å². The lowest BCUT2D eigenvalue weighted by molar-refractivity contribution is -0.134. The van der Waals surface area contributed by atoms with Crippen LogP contribution in [0.2, 0.25) is 0 Å². The SMILES string of the molecule is CCCC(=O)Oc1cc(/C=C/c2ccccc2)oc(=O)c1. The summed E-state index contributed by atoms with van der Waals surface area (Å²) in [4.78, 5) is 22.9. The van der Waals surface area contributed by atoms with Gasteiger partial charge in [-0.2, -0.15) is 0 Å². The molecule has 108 valence electrons. The Morgan fingerprint density at radius 1 is 1.19 bits per heavy atom. The summed E-state index contributed by atoms with van der Waals surface area (Å²) >= 11 is 0. The van der Waals surface area contributed by atoms with Crippen LogP contribution in [0.15, 0.2) is 51.7 Å². The van der Waals surface area contributed by atoms with Gasteiger partial charge in [0, 0.05) is 12.5 Å². The zero-order valence-electron chi connectivity index (χ0n) is 11.7. The first-order valence-electron chi connectivity index (χ1n) is 6.76. The van der Waals surface area contributed by atoms with E-state index in [1.165, 1.54) is 6.07 Å². The van der Waals surface area contributed by atoms with Crippen LogP contribution in [0.3, 0.4) is 0 Å². The van der Waals surface area contributed by atoms with Gasteiger partial charge in [0.15, 0.2) is 0 Å². The first-order chi connectivity index (χ1) is 10.2. The van der Waals surface area contributed by atoms with E-state index in [-0.39, 0.29) is 11.7 Å². The zero-order chi connectivity index (χ0) is 15.1. The predicted molar refractivity (Wildman–Crippen MR) is 80.9 cm³/mol. The zero-order valence-corrected chi connectivity index (χ0v) is 11.7. The molecule has 1 aromatic carbocycles. The van der Waals surface area contributed by atoms with Crippen LogP contribution in [0.5, 0.6) is 5.75 Å². The Morgan fingerprint density at radius 3 is 2.67 bits per heavy atom. The molecular formula is C17H16O4. The Morgan fingerprint density at radius 2 is 1.95 bits per heavy atom. The molecular weight excluding hydrogens is 268 g/mol. The molecule has 0 aliphatic carbocycles. The van der Waals surface area contributed by atoms with E-state index in [0.717, 1.165) is 11.6 Å². The summed E-state index contributed by atoms with van der Waals surface area (Å²) in [6.45, 7) is 1.88. The Bertz CT molecular complexity index is 683. The van der Waals surface area contributed by atoms with Gasteiger partial charge in [0.2, 0.25) is 0 Å². The van der Waals surface area contributed by atoms with E-state index < -0.39 is 5.63 Å². The lowest BCUT2D eigenvalue weighted by Gasteiger charge is -2.03. The van der Waals surface area contributed by atoms with Gasteiger partial charge in [0.25, 0.3) is 0 Å². The second-order valence-electron chi connectivity index (χ2n) is 4.48. The molecule has 1 aromatic heterocycles. The van der Waals surface area contributed by atoms with Gasteiger partial charge in [0.1, 0.15) is 11.5 Å². The maximum atomic E-state index is 11.5. The molecule has 1 heterocycles. The van der Waals surface area contributed by atoms with Gasteiger partial charge in [-0.1, -0.05) is 43.3 Å². The summed E-state index contributed by atoms with van der Waals surface area (Å²) < 4.78 is 10.1. The maximum absolute atomic E-state index is 11.5. The molecule has 0 aliphatic rings. The van der Waals surface area contributed by atoms with E-state index in [4.69, 9.17) is 9.15 Å². The molecule has 0 saturated heterocycles. The van der Waals surface area contributed by atoms with E-state index in [9.17, 15) is 9.59 Å². The number of hydrogen-bond donors (Lipinski definition) is 0. The highest BCUT2D eigenvalue weighted by Gasteiger charge is 2.06. The minimum atomic E-state index is -0.551. The minimum absolute atomic E-state index is 0.206. The van der Waals surface area contributed by atoms with Crippen LogP contribution in [-0.4, -0.2) is 5.97 Å². The van der Waals surface area contributed by atoms with Crippen molar-refractivity contribution >= 4 is 18.1 Å². The third kappa shape index (κ3) is 4.76. The topological polar surface area (TPSA) is 56.5 Å². The van der Waals surface area contributed by atoms with Gasteiger partial charge >= 0.3 is 11.6 Å². The van der Waals surface area contributed by atoms with Crippen molar-refractivity contribution in [2.45, 2.75) is 19.8 Å². The number of benzene rings is 1. The summed E-state index contributed by atoms with van der Waals surface area (Å²) in [7, 11) is 0. The fourth-order valence-corrected chi connectivity index (χ4v) is 1.74.